The van der Waals surface area contributed by atoms with Crippen molar-refractivity contribution >= 4 is 0 Å². The predicted molar refractivity (Wildman–Crippen MR) is 204 cm³/mol. The van der Waals surface area contributed by atoms with Crippen LogP contribution in [0.2, 0.25) is 0 Å². The van der Waals surface area contributed by atoms with Gasteiger partial charge in [0.2, 0.25) is 0 Å². The zero-order chi connectivity index (χ0) is 34.2. The van der Waals surface area contributed by atoms with Gasteiger partial charge in [0, 0.05) is 16.7 Å². The summed E-state index contributed by atoms with van der Waals surface area (Å²) in [6, 6.07) is 65.2. The quantitative estimate of drug-likeness (QED) is 0.180. The van der Waals surface area contributed by atoms with Crippen LogP contribution in [0, 0.1) is 11.3 Å². The van der Waals surface area contributed by atoms with E-state index < -0.39 is 5.41 Å². The van der Waals surface area contributed by atoms with Crippen molar-refractivity contribution in [2.75, 3.05) is 0 Å². The maximum Gasteiger partial charge on any atom is 0.164 e. The van der Waals surface area contributed by atoms with Crippen LogP contribution in [0.25, 0.3) is 56.4 Å². The Balaban J connectivity index is 1.30. The summed E-state index contributed by atoms with van der Waals surface area (Å²) in [5.74, 6) is 1.88. The Hall–Kier alpha value is -6.96. The maximum atomic E-state index is 9.42. The van der Waals surface area contributed by atoms with Crippen LogP contribution in [-0.2, 0) is 5.41 Å². The van der Waals surface area contributed by atoms with E-state index >= 15 is 0 Å². The predicted octanol–water partition coefficient (Wildman–Crippen LogP) is 10.8. The van der Waals surface area contributed by atoms with Gasteiger partial charge in [-0.2, -0.15) is 5.26 Å². The van der Waals surface area contributed by atoms with Crippen molar-refractivity contribution in [2.24, 2.45) is 0 Å². The van der Waals surface area contributed by atoms with Gasteiger partial charge < -0.3 is 0 Å². The summed E-state index contributed by atoms with van der Waals surface area (Å²) in [6.07, 6.45) is 0. The molecule has 4 nitrogen and oxygen atoms in total. The normalized spacial score (nSPS) is 14.3. The molecule has 1 unspecified atom stereocenters. The molecule has 0 bridgehead atoms. The number of rotatable bonds is 6. The average Bonchev–Trinajstić information content (AvgIpc) is 3.52. The van der Waals surface area contributed by atoms with Crippen LogP contribution >= 0.6 is 0 Å². The summed E-state index contributed by atoms with van der Waals surface area (Å²) >= 11 is 0. The van der Waals surface area contributed by atoms with E-state index in [2.05, 4.69) is 103 Å². The Morgan fingerprint density at radius 3 is 1.53 bits per heavy atom. The number of nitriles is 1. The van der Waals surface area contributed by atoms with E-state index in [0.29, 0.717) is 23.0 Å². The summed E-state index contributed by atoms with van der Waals surface area (Å²) in [5, 5.41) is 9.42. The Bertz CT molecular complexity index is 2520. The third-order valence-corrected chi connectivity index (χ3v) is 9.85. The zero-order valence-corrected chi connectivity index (χ0v) is 27.6. The molecule has 8 aromatic rings. The van der Waals surface area contributed by atoms with E-state index in [1.54, 1.807) is 0 Å². The number of fused-ring (bicyclic) bond motifs is 3. The lowest BCUT2D eigenvalue weighted by molar-refractivity contribution is 0.769. The minimum absolute atomic E-state index is 0.620. The van der Waals surface area contributed by atoms with E-state index in [4.69, 9.17) is 15.0 Å². The van der Waals surface area contributed by atoms with Crippen LogP contribution in [0.4, 0.5) is 0 Å². The second kappa shape index (κ2) is 12.5. The van der Waals surface area contributed by atoms with E-state index in [1.807, 2.05) is 84.9 Å². The monoisotopic (exact) mass is 650 g/mol. The molecular weight excluding hydrogens is 621 g/mol. The van der Waals surface area contributed by atoms with Crippen molar-refractivity contribution in [1.82, 2.24) is 15.0 Å². The minimum atomic E-state index is -0.622. The van der Waals surface area contributed by atoms with Crippen molar-refractivity contribution in [3.63, 3.8) is 0 Å². The first-order valence-electron chi connectivity index (χ1n) is 17.0. The second-order valence-electron chi connectivity index (χ2n) is 12.7. The van der Waals surface area contributed by atoms with Gasteiger partial charge in [0.15, 0.2) is 17.5 Å². The van der Waals surface area contributed by atoms with E-state index in [0.717, 1.165) is 33.4 Å². The van der Waals surface area contributed by atoms with E-state index in [-0.39, 0.29) is 0 Å². The molecule has 0 aliphatic heterocycles. The summed E-state index contributed by atoms with van der Waals surface area (Å²) in [7, 11) is 0. The summed E-state index contributed by atoms with van der Waals surface area (Å²) < 4.78 is 0. The fourth-order valence-electron chi connectivity index (χ4n) is 7.50. The van der Waals surface area contributed by atoms with Crippen molar-refractivity contribution in [1.29, 1.82) is 5.26 Å². The fourth-order valence-corrected chi connectivity index (χ4v) is 7.50. The smallest absolute Gasteiger partial charge is 0.164 e. The van der Waals surface area contributed by atoms with Crippen LogP contribution in [0.1, 0.15) is 27.8 Å². The SMILES string of the molecule is N#Cc1ccc(-c2cccc(C3(c4ccccc4)c4ccccc4-c4ccc(-c5nc(-c6ccccc6)nc(-c6ccccc6)n5)cc43)c2)cc1. The molecule has 238 valence electrons. The minimum Gasteiger partial charge on any atom is -0.208 e. The Labute approximate surface area is 297 Å². The molecule has 0 amide bonds. The van der Waals surface area contributed by atoms with Gasteiger partial charge in [-0.25, -0.2) is 15.0 Å². The number of hydrogen-bond donors (Lipinski definition) is 0. The van der Waals surface area contributed by atoms with Crippen molar-refractivity contribution in [3.8, 4) is 62.5 Å². The molecule has 1 heterocycles. The molecular formula is C47H30N4. The number of aromatic nitrogens is 3. The number of hydrogen-bond acceptors (Lipinski definition) is 4. The lowest BCUT2D eigenvalue weighted by Crippen LogP contribution is -2.28. The third kappa shape index (κ3) is 5.12. The molecule has 51 heavy (non-hydrogen) atoms. The van der Waals surface area contributed by atoms with Gasteiger partial charge >= 0.3 is 0 Å². The first kappa shape index (κ1) is 30.1. The second-order valence-corrected chi connectivity index (χ2v) is 12.7. The van der Waals surface area contributed by atoms with Crippen LogP contribution in [0.3, 0.4) is 0 Å². The highest BCUT2D eigenvalue weighted by Crippen LogP contribution is 2.57. The lowest BCUT2D eigenvalue weighted by atomic mass is 9.67. The van der Waals surface area contributed by atoms with Gasteiger partial charge in [-0.3, -0.25) is 0 Å². The highest BCUT2D eigenvalue weighted by molar-refractivity contribution is 5.88. The lowest BCUT2D eigenvalue weighted by Gasteiger charge is -2.34. The van der Waals surface area contributed by atoms with Crippen LogP contribution in [0.15, 0.2) is 182 Å². The molecule has 7 aromatic carbocycles. The highest BCUT2D eigenvalue weighted by atomic mass is 15.0. The maximum absolute atomic E-state index is 9.42. The van der Waals surface area contributed by atoms with E-state index in [1.165, 1.54) is 27.8 Å². The molecule has 1 aliphatic rings. The molecule has 0 spiro atoms. The third-order valence-electron chi connectivity index (χ3n) is 9.85. The molecule has 1 aromatic heterocycles. The molecule has 1 aliphatic carbocycles. The summed E-state index contributed by atoms with van der Waals surface area (Å²) in [6.45, 7) is 0. The van der Waals surface area contributed by atoms with Gasteiger partial charge in [0.1, 0.15) is 0 Å². The van der Waals surface area contributed by atoms with Gasteiger partial charge in [-0.1, -0.05) is 158 Å². The van der Waals surface area contributed by atoms with Gasteiger partial charge in [0.05, 0.1) is 17.0 Å². The summed E-state index contributed by atoms with van der Waals surface area (Å²) in [4.78, 5) is 15.1. The highest BCUT2D eigenvalue weighted by Gasteiger charge is 2.46. The van der Waals surface area contributed by atoms with Crippen molar-refractivity contribution in [3.05, 3.63) is 210 Å². The first-order chi connectivity index (χ1) is 25.2. The largest absolute Gasteiger partial charge is 0.208 e. The number of benzene rings is 7. The van der Waals surface area contributed by atoms with Gasteiger partial charge in [0.25, 0.3) is 0 Å². The fraction of sp³-hybridized carbons (Fsp3) is 0.0213. The standard InChI is InChI=1S/C47H30N4/c48-31-32-23-25-33(26-24-32)36-17-12-20-39(29-36)47(38-18-8-3-9-19-38)42-22-11-10-21-40(42)41-28-27-37(30-43(41)47)46-50-44(34-13-4-1-5-14-34)49-45(51-46)35-15-6-2-7-16-35/h1-30H. The topological polar surface area (TPSA) is 62.5 Å². The van der Waals surface area contributed by atoms with Crippen LogP contribution in [0.5, 0.6) is 0 Å². The summed E-state index contributed by atoms with van der Waals surface area (Å²) in [5.41, 5.74) is 12.1. The first-order valence-corrected chi connectivity index (χ1v) is 17.0. The van der Waals surface area contributed by atoms with Crippen LogP contribution in [-0.4, -0.2) is 15.0 Å². The van der Waals surface area contributed by atoms with Crippen LogP contribution < -0.4 is 0 Å². The van der Waals surface area contributed by atoms with Gasteiger partial charge in [-0.15, -0.1) is 0 Å². The zero-order valence-electron chi connectivity index (χ0n) is 27.6. The molecule has 9 rings (SSSR count). The molecule has 0 N–H and O–H groups in total. The Morgan fingerprint density at radius 1 is 0.373 bits per heavy atom. The molecule has 4 heteroatoms. The Kier molecular flexibility index (Phi) is 7.38. The average molecular weight is 651 g/mol. The molecule has 0 saturated heterocycles. The Morgan fingerprint density at radius 2 is 0.882 bits per heavy atom. The van der Waals surface area contributed by atoms with Crippen molar-refractivity contribution in [2.45, 2.75) is 5.41 Å². The molecule has 1 atom stereocenters. The molecule has 0 fully saturated rings. The molecule has 0 radical (unpaired) electrons. The number of nitrogens with zero attached hydrogens (tertiary/aromatic N) is 4. The van der Waals surface area contributed by atoms with Crippen molar-refractivity contribution < 1.29 is 0 Å². The van der Waals surface area contributed by atoms with Gasteiger partial charge in [-0.05, 0) is 68.8 Å². The van der Waals surface area contributed by atoms with E-state index in [9.17, 15) is 5.26 Å². The molecule has 0 saturated carbocycles.